The molecule has 1 saturated heterocycles. The monoisotopic (exact) mass is 357 g/mol. The van der Waals surface area contributed by atoms with E-state index in [9.17, 15) is 0 Å². The predicted molar refractivity (Wildman–Crippen MR) is 90.4 cm³/mol. The molecule has 1 unspecified atom stereocenters. The molecule has 6 heteroatoms. The van der Waals surface area contributed by atoms with Crippen molar-refractivity contribution < 1.29 is 4.74 Å². The molecule has 0 saturated carbocycles. The lowest BCUT2D eigenvalue weighted by Gasteiger charge is -2.32. The molecule has 4 nitrogen and oxygen atoms in total. The fourth-order valence-corrected chi connectivity index (χ4v) is 2.82. The number of morpholine rings is 1. The van der Waals surface area contributed by atoms with Crippen LogP contribution < -0.4 is 11.1 Å². The molecule has 20 heavy (non-hydrogen) atoms. The summed E-state index contributed by atoms with van der Waals surface area (Å²) in [7, 11) is 0. The van der Waals surface area contributed by atoms with Gasteiger partial charge in [0.2, 0.25) is 0 Å². The Bertz CT molecular complexity index is 483. The second-order valence-electron chi connectivity index (χ2n) is 4.82. The molecule has 1 heterocycles. The fourth-order valence-electron chi connectivity index (χ4n) is 2.29. The Morgan fingerprint density at radius 1 is 1.60 bits per heavy atom. The van der Waals surface area contributed by atoms with E-state index in [1.165, 1.54) is 0 Å². The highest BCUT2D eigenvalue weighted by Gasteiger charge is 2.19. The van der Waals surface area contributed by atoms with Crippen molar-refractivity contribution in [1.29, 1.82) is 0 Å². The van der Waals surface area contributed by atoms with Crippen LogP contribution in [0.15, 0.2) is 22.7 Å². The molecule has 2 rings (SSSR count). The summed E-state index contributed by atoms with van der Waals surface area (Å²) in [5, 5.41) is 3.40. The first-order valence-electron chi connectivity index (χ1n) is 6.77. The van der Waals surface area contributed by atoms with Gasteiger partial charge in [-0.15, -0.1) is 0 Å². The SMILES string of the molecule is CCN1CCOC(CNc2ccc(Br)cc2C(N)=S)C1. The van der Waals surface area contributed by atoms with Crippen LogP contribution in [0.1, 0.15) is 12.5 Å². The number of likely N-dealkylation sites (N-methyl/N-ethyl adjacent to an activating group) is 1. The minimum atomic E-state index is 0.201. The van der Waals surface area contributed by atoms with Crippen LogP contribution in [-0.2, 0) is 4.74 Å². The van der Waals surface area contributed by atoms with Gasteiger partial charge in [-0.25, -0.2) is 0 Å². The minimum absolute atomic E-state index is 0.201. The van der Waals surface area contributed by atoms with Gasteiger partial charge in [0.1, 0.15) is 4.99 Å². The fraction of sp³-hybridized carbons (Fsp3) is 0.500. The molecule has 0 spiro atoms. The smallest absolute Gasteiger partial charge is 0.106 e. The summed E-state index contributed by atoms with van der Waals surface area (Å²) in [4.78, 5) is 2.79. The van der Waals surface area contributed by atoms with Crippen molar-refractivity contribution >= 4 is 38.8 Å². The zero-order valence-corrected chi connectivity index (χ0v) is 14.0. The maximum atomic E-state index is 5.78. The molecule has 1 aromatic carbocycles. The molecule has 1 aliphatic heterocycles. The van der Waals surface area contributed by atoms with Gasteiger partial charge in [0.15, 0.2) is 0 Å². The van der Waals surface area contributed by atoms with Crippen LogP contribution in [0.25, 0.3) is 0 Å². The maximum Gasteiger partial charge on any atom is 0.106 e. The van der Waals surface area contributed by atoms with Gasteiger partial charge in [0.25, 0.3) is 0 Å². The first-order chi connectivity index (χ1) is 9.60. The molecule has 1 aromatic rings. The Hall–Kier alpha value is -0.690. The normalized spacial score (nSPS) is 19.8. The van der Waals surface area contributed by atoms with Crippen molar-refractivity contribution in [3.8, 4) is 0 Å². The Labute approximate surface area is 133 Å². The molecule has 0 radical (unpaired) electrons. The zero-order valence-electron chi connectivity index (χ0n) is 11.6. The van der Waals surface area contributed by atoms with E-state index in [1.54, 1.807) is 0 Å². The molecule has 0 bridgehead atoms. The number of benzene rings is 1. The molecule has 1 fully saturated rings. The summed E-state index contributed by atoms with van der Waals surface area (Å²) >= 11 is 8.53. The van der Waals surface area contributed by atoms with E-state index in [0.29, 0.717) is 4.99 Å². The van der Waals surface area contributed by atoms with E-state index >= 15 is 0 Å². The third kappa shape index (κ3) is 4.15. The number of hydrogen-bond donors (Lipinski definition) is 2. The number of thiocarbonyl (C=S) groups is 1. The Morgan fingerprint density at radius 3 is 3.10 bits per heavy atom. The second-order valence-corrected chi connectivity index (χ2v) is 6.18. The van der Waals surface area contributed by atoms with Crippen molar-refractivity contribution in [2.75, 3.05) is 38.1 Å². The average Bonchev–Trinajstić information content (AvgIpc) is 2.46. The molecule has 0 amide bonds. The van der Waals surface area contributed by atoms with E-state index in [2.05, 4.69) is 33.1 Å². The standard InChI is InChI=1S/C14H20BrN3OS/c1-2-18-5-6-19-11(9-18)8-17-13-4-3-10(15)7-12(13)14(16)20/h3-4,7,11,17H,2,5-6,8-9H2,1H3,(H2,16,20). The largest absolute Gasteiger partial charge is 0.389 e. The first kappa shape index (κ1) is 15.7. The minimum Gasteiger partial charge on any atom is -0.389 e. The van der Waals surface area contributed by atoms with E-state index in [1.807, 2.05) is 18.2 Å². The summed E-state index contributed by atoms with van der Waals surface area (Å²) in [6.07, 6.45) is 0.201. The van der Waals surface area contributed by atoms with Gasteiger partial charge >= 0.3 is 0 Å². The Morgan fingerprint density at radius 2 is 2.40 bits per heavy atom. The second kappa shape index (κ2) is 7.36. The van der Waals surface area contributed by atoms with Gasteiger partial charge in [-0.05, 0) is 24.7 Å². The highest BCUT2D eigenvalue weighted by atomic mass is 79.9. The molecule has 3 N–H and O–H groups in total. The van der Waals surface area contributed by atoms with E-state index in [4.69, 9.17) is 22.7 Å². The quantitative estimate of drug-likeness (QED) is 0.791. The van der Waals surface area contributed by atoms with E-state index in [0.717, 1.165) is 48.5 Å². The third-order valence-corrected chi connectivity index (χ3v) is 4.15. The number of anilines is 1. The summed E-state index contributed by atoms with van der Waals surface area (Å²) in [6, 6.07) is 5.90. The summed E-state index contributed by atoms with van der Waals surface area (Å²) in [6.45, 7) is 6.77. The van der Waals surface area contributed by atoms with Crippen molar-refractivity contribution in [2.24, 2.45) is 5.73 Å². The number of rotatable bonds is 5. The topological polar surface area (TPSA) is 50.5 Å². The van der Waals surface area contributed by atoms with Crippen LogP contribution >= 0.6 is 28.1 Å². The highest BCUT2D eigenvalue weighted by Crippen LogP contribution is 2.21. The first-order valence-corrected chi connectivity index (χ1v) is 7.97. The van der Waals surface area contributed by atoms with Crippen LogP contribution in [-0.4, -0.2) is 48.8 Å². The van der Waals surface area contributed by atoms with Gasteiger partial charge < -0.3 is 15.8 Å². The number of hydrogen-bond acceptors (Lipinski definition) is 4. The molecule has 0 aromatic heterocycles. The van der Waals surface area contributed by atoms with Crippen LogP contribution in [0.5, 0.6) is 0 Å². The number of nitrogens with zero attached hydrogens (tertiary/aromatic N) is 1. The van der Waals surface area contributed by atoms with Crippen LogP contribution in [0.4, 0.5) is 5.69 Å². The lowest BCUT2D eigenvalue weighted by Crippen LogP contribution is -2.45. The van der Waals surface area contributed by atoms with Crippen LogP contribution in [0.2, 0.25) is 0 Å². The van der Waals surface area contributed by atoms with Crippen molar-refractivity contribution in [3.63, 3.8) is 0 Å². The van der Waals surface area contributed by atoms with Gasteiger partial charge in [0.05, 0.1) is 12.7 Å². The molecular formula is C14H20BrN3OS. The van der Waals surface area contributed by atoms with Gasteiger partial charge in [0, 0.05) is 35.4 Å². The van der Waals surface area contributed by atoms with E-state index < -0.39 is 0 Å². The van der Waals surface area contributed by atoms with E-state index in [-0.39, 0.29) is 6.10 Å². The summed E-state index contributed by atoms with van der Waals surface area (Å²) in [5.74, 6) is 0. The van der Waals surface area contributed by atoms with Gasteiger partial charge in [-0.1, -0.05) is 35.1 Å². The summed E-state index contributed by atoms with van der Waals surface area (Å²) < 4.78 is 6.75. The third-order valence-electron chi connectivity index (χ3n) is 3.44. The number of ether oxygens (including phenoxy) is 1. The molecule has 110 valence electrons. The Kier molecular flexibility index (Phi) is 5.77. The predicted octanol–water partition coefficient (Wildman–Crippen LogP) is 2.22. The Balaban J connectivity index is 1.98. The number of nitrogens with two attached hydrogens (primary N) is 1. The lowest BCUT2D eigenvalue weighted by molar-refractivity contribution is -0.0191. The molecule has 0 aliphatic carbocycles. The lowest BCUT2D eigenvalue weighted by atomic mass is 10.1. The van der Waals surface area contributed by atoms with Crippen molar-refractivity contribution in [2.45, 2.75) is 13.0 Å². The van der Waals surface area contributed by atoms with Gasteiger partial charge in [-0.2, -0.15) is 0 Å². The molecule has 1 aliphatic rings. The number of halogens is 1. The van der Waals surface area contributed by atoms with Crippen LogP contribution in [0, 0.1) is 0 Å². The highest BCUT2D eigenvalue weighted by molar-refractivity contribution is 9.10. The zero-order chi connectivity index (χ0) is 14.5. The maximum absolute atomic E-state index is 5.78. The van der Waals surface area contributed by atoms with Gasteiger partial charge in [-0.3, -0.25) is 4.90 Å². The average molecular weight is 358 g/mol. The van der Waals surface area contributed by atoms with Crippen LogP contribution in [0.3, 0.4) is 0 Å². The van der Waals surface area contributed by atoms with Crippen molar-refractivity contribution in [3.05, 3.63) is 28.2 Å². The molecule has 1 atom stereocenters. The molecular weight excluding hydrogens is 338 g/mol. The van der Waals surface area contributed by atoms with Crippen molar-refractivity contribution in [1.82, 2.24) is 4.90 Å². The summed E-state index contributed by atoms with van der Waals surface area (Å²) in [5.41, 5.74) is 7.58. The number of nitrogens with one attached hydrogen (secondary N) is 1.